The van der Waals surface area contributed by atoms with E-state index in [1.54, 1.807) is 24.3 Å². The van der Waals surface area contributed by atoms with Crippen LogP contribution in [0.5, 0.6) is 0 Å². The van der Waals surface area contributed by atoms with Crippen molar-refractivity contribution in [2.75, 3.05) is 38.0 Å². The van der Waals surface area contributed by atoms with Crippen molar-refractivity contribution in [2.45, 2.75) is 6.92 Å². The first-order chi connectivity index (χ1) is 11.1. The molecule has 1 fully saturated rings. The maximum absolute atomic E-state index is 14.0. The van der Waals surface area contributed by atoms with Gasteiger partial charge in [0, 0.05) is 32.2 Å². The maximum Gasteiger partial charge on any atom is 0.239 e. The number of anilines is 1. The number of hydrogen-bond acceptors (Lipinski definition) is 4. The first-order valence-electron chi connectivity index (χ1n) is 7.68. The standard InChI is InChI=1S/C16H20FN5O/c1-12-10-15(19-16(23)11-21-8-6-18-7-9-21)22(20-12)14-5-3-2-4-13(14)17/h2-5,10,18H,6-9,11H2,1H3,(H,19,23). The third-order valence-electron chi connectivity index (χ3n) is 3.76. The van der Waals surface area contributed by atoms with Gasteiger partial charge in [-0.1, -0.05) is 12.1 Å². The Balaban J connectivity index is 1.75. The fourth-order valence-electron chi connectivity index (χ4n) is 2.65. The van der Waals surface area contributed by atoms with E-state index in [4.69, 9.17) is 0 Å². The van der Waals surface area contributed by atoms with E-state index < -0.39 is 0 Å². The minimum atomic E-state index is -0.381. The quantitative estimate of drug-likeness (QED) is 0.888. The van der Waals surface area contributed by atoms with E-state index >= 15 is 0 Å². The highest BCUT2D eigenvalue weighted by molar-refractivity contribution is 5.91. The summed E-state index contributed by atoms with van der Waals surface area (Å²) in [7, 11) is 0. The minimum absolute atomic E-state index is 0.121. The minimum Gasteiger partial charge on any atom is -0.314 e. The van der Waals surface area contributed by atoms with Gasteiger partial charge in [-0.05, 0) is 19.1 Å². The molecule has 1 aromatic heterocycles. The van der Waals surface area contributed by atoms with Crippen molar-refractivity contribution in [1.29, 1.82) is 0 Å². The average molecular weight is 317 g/mol. The molecule has 0 spiro atoms. The van der Waals surface area contributed by atoms with Crippen molar-refractivity contribution in [1.82, 2.24) is 20.0 Å². The average Bonchev–Trinajstić information content (AvgIpc) is 2.89. The molecule has 1 aliphatic heterocycles. The number of para-hydroxylation sites is 1. The third-order valence-corrected chi connectivity index (χ3v) is 3.76. The molecule has 0 unspecified atom stereocenters. The zero-order chi connectivity index (χ0) is 16.2. The lowest BCUT2D eigenvalue weighted by molar-refractivity contribution is -0.117. The van der Waals surface area contributed by atoms with E-state index in [0.717, 1.165) is 26.2 Å². The monoisotopic (exact) mass is 317 g/mol. The van der Waals surface area contributed by atoms with Crippen molar-refractivity contribution in [3.8, 4) is 5.69 Å². The van der Waals surface area contributed by atoms with Crippen molar-refractivity contribution >= 4 is 11.7 Å². The third kappa shape index (κ3) is 3.75. The van der Waals surface area contributed by atoms with Crippen molar-refractivity contribution in [3.63, 3.8) is 0 Å². The predicted octanol–water partition coefficient (Wildman–Crippen LogP) is 1.16. The van der Waals surface area contributed by atoms with Crippen LogP contribution in [0.25, 0.3) is 5.69 Å². The van der Waals surface area contributed by atoms with E-state index in [-0.39, 0.29) is 11.7 Å². The molecule has 7 heteroatoms. The van der Waals surface area contributed by atoms with E-state index in [2.05, 4.69) is 20.6 Å². The molecule has 23 heavy (non-hydrogen) atoms. The molecular formula is C16H20FN5O. The molecule has 6 nitrogen and oxygen atoms in total. The van der Waals surface area contributed by atoms with Gasteiger partial charge in [-0.25, -0.2) is 9.07 Å². The second-order valence-electron chi connectivity index (χ2n) is 5.61. The molecule has 0 saturated carbocycles. The molecule has 0 bridgehead atoms. The zero-order valence-electron chi connectivity index (χ0n) is 13.1. The topological polar surface area (TPSA) is 62.2 Å². The summed E-state index contributed by atoms with van der Waals surface area (Å²) in [4.78, 5) is 14.3. The van der Waals surface area contributed by atoms with Gasteiger partial charge in [-0.15, -0.1) is 0 Å². The van der Waals surface area contributed by atoms with Gasteiger partial charge < -0.3 is 10.6 Å². The molecule has 1 aliphatic rings. The number of hydrogen-bond donors (Lipinski definition) is 2. The molecule has 0 radical (unpaired) electrons. The van der Waals surface area contributed by atoms with Gasteiger partial charge in [0.2, 0.25) is 5.91 Å². The summed E-state index contributed by atoms with van der Waals surface area (Å²) in [6.07, 6.45) is 0. The number of amides is 1. The lowest BCUT2D eigenvalue weighted by Crippen LogP contribution is -2.46. The van der Waals surface area contributed by atoms with Crippen LogP contribution in [0.4, 0.5) is 10.2 Å². The smallest absolute Gasteiger partial charge is 0.239 e. The number of carbonyl (C=O) groups excluding carboxylic acids is 1. The molecular weight excluding hydrogens is 297 g/mol. The molecule has 0 aliphatic carbocycles. The van der Waals surface area contributed by atoms with E-state index in [1.807, 2.05) is 6.92 Å². The summed E-state index contributed by atoms with van der Waals surface area (Å²) in [6.45, 7) is 5.60. The van der Waals surface area contributed by atoms with Crippen LogP contribution in [0.15, 0.2) is 30.3 Å². The largest absolute Gasteiger partial charge is 0.314 e. The number of benzene rings is 1. The molecule has 3 rings (SSSR count). The van der Waals surface area contributed by atoms with Crippen LogP contribution in [0, 0.1) is 12.7 Å². The van der Waals surface area contributed by atoms with Gasteiger partial charge in [0.1, 0.15) is 17.3 Å². The Kier molecular flexibility index (Phi) is 4.68. The number of nitrogens with zero attached hydrogens (tertiary/aromatic N) is 3. The molecule has 122 valence electrons. The number of carbonyl (C=O) groups is 1. The van der Waals surface area contributed by atoms with Gasteiger partial charge in [0.15, 0.2) is 0 Å². The van der Waals surface area contributed by atoms with Gasteiger partial charge in [0.05, 0.1) is 12.2 Å². The summed E-state index contributed by atoms with van der Waals surface area (Å²) < 4.78 is 15.4. The normalized spacial score (nSPS) is 15.6. The zero-order valence-corrected chi connectivity index (χ0v) is 13.1. The number of rotatable bonds is 4. The van der Waals surface area contributed by atoms with Crippen molar-refractivity contribution in [2.24, 2.45) is 0 Å². The Hall–Kier alpha value is -2.25. The number of aromatic nitrogens is 2. The highest BCUT2D eigenvalue weighted by Crippen LogP contribution is 2.19. The summed E-state index contributed by atoms with van der Waals surface area (Å²) in [5, 5.41) is 10.4. The van der Waals surface area contributed by atoms with Gasteiger partial charge in [-0.2, -0.15) is 5.10 Å². The number of piperazine rings is 1. The molecule has 2 N–H and O–H groups in total. The Bertz CT molecular complexity index is 694. The van der Waals surface area contributed by atoms with Gasteiger partial charge >= 0.3 is 0 Å². The summed E-state index contributed by atoms with van der Waals surface area (Å²) in [5.74, 6) is -0.0228. The number of aryl methyl sites for hydroxylation is 1. The SMILES string of the molecule is Cc1cc(NC(=O)CN2CCNCC2)n(-c2ccccc2F)n1. The van der Waals surface area contributed by atoms with Gasteiger partial charge in [-0.3, -0.25) is 9.69 Å². The lowest BCUT2D eigenvalue weighted by atomic mass is 10.3. The van der Waals surface area contributed by atoms with E-state index in [0.29, 0.717) is 23.7 Å². The summed E-state index contributed by atoms with van der Waals surface area (Å²) in [6, 6.07) is 8.11. The van der Waals surface area contributed by atoms with Crippen molar-refractivity contribution in [3.05, 3.63) is 41.8 Å². The van der Waals surface area contributed by atoms with Crippen LogP contribution in [0.2, 0.25) is 0 Å². The molecule has 0 atom stereocenters. The number of halogens is 1. The van der Waals surface area contributed by atoms with Crippen LogP contribution >= 0.6 is 0 Å². The van der Waals surface area contributed by atoms with Crippen LogP contribution in [-0.2, 0) is 4.79 Å². The first-order valence-corrected chi connectivity index (χ1v) is 7.68. The molecule has 1 amide bonds. The Labute approximate surface area is 134 Å². The first kappa shape index (κ1) is 15.6. The fourth-order valence-corrected chi connectivity index (χ4v) is 2.65. The lowest BCUT2D eigenvalue weighted by Gasteiger charge is -2.26. The molecule has 2 aromatic rings. The van der Waals surface area contributed by atoms with Crippen LogP contribution in [0.1, 0.15) is 5.69 Å². The number of nitrogens with one attached hydrogen (secondary N) is 2. The predicted molar refractivity (Wildman–Crippen MR) is 86.2 cm³/mol. The van der Waals surface area contributed by atoms with Crippen molar-refractivity contribution < 1.29 is 9.18 Å². The molecule has 1 aromatic carbocycles. The van der Waals surface area contributed by atoms with E-state index in [1.165, 1.54) is 10.7 Å². The highest BCUT2D eigenvalue weighted by Gasteiger charge is 2.17. The van der Waals surface area contributed by atoms with Crippen LogP contribution < -0.4 is 10.6 Å². The molecule has 1 saturated heterocycles. The summed E-state index contributed by atoms with van der Waals surface area (Å²) in [5.41, 5.74) is 1.03. The second kappa shape index (κ2) is 6.89. The highest BCUT2D eigenvalue weighted by atomic mass is 19.1. The van der Waals surface area contributed by atoms with Crippen LogP contribution in [0.3, 0.4) is 0 Å². The maximum atomic E-state index is 14.0. The summed E-state index contributed by atoms with van der Waals surface area (Å²) >= 11 is 0. The Morgan fingerprint density at radius 1 is 1.35 bits per heavy atom. The Morgan fingerprint density at radius 2 is 2.09 bits per heavy atom. The van der Waals surface area contributed by atoms with Crippen LogP contribution in [-0.4, -0.2) is 53.3 Å². The Morgan fingerprint density at radius 3 is 2.83 bits per heavy atom. The fraction of sp³-hybridized carbons (Fsp3) is 0.375. The van der Waals surface area contributed by atoms with E-state index in [9.17, 15) is 9.18 Å². The molecule has 2 heterocycles. The van der Waals surface area contributed by atoms with Gasteiger partial charge in [0.25, 0.3) is 0 Å². The second-order valence-corrected chi connectivity index (χ2v) is 5.61.